The Hall–Kier alpha value is -0.610. The van der Waals surface area contributed by atoms with Gasteiger partial charge in [-0.25, -0.2) is 0 Å². The summed E-state index contributed by atoms with van der Waals surface area (Å²) in [5.41, 5.74) is -0.375. The Morgan fingerprint density at radius 3 is 2.48 bits per heavy atom. The molecule has 1 aliphatic rings. The van der Waals surface area contributed by atoms with Crippen LogP contribution in [0.2, 0.25) is 0 Å². The molecular formula is C17H34N2O2. The van der Waals surface area contributed by atoms with Crippen molar-refractivity contribution in [2.24, 2.45) is 0 Å². The first-order chi connectivity index (χ1) is 9.88. The molecule has 0 aromatic rings. The van der Waals surface area contributed by atoms with Gasteiger partial charge in [0, 0.05) is 12.6 Å². The van der Waals surface area contributed by atoms with E-state index in [1.54, 1.807) is 0 Å². The zero-order chi connectivity index (χ0) is 15.7. The standard InChI is InChI=1S/C17H34N2O2/c1-17(2,3)21-16(20)11-13-18-12-8-14-19(4)15-9-6-5-7-10-15/h15,18H,5-14H2,1-4H3. The van der Waals surface area contributed by atoms with Gasteiger partial charge in [0.15, 0.2) is 0 Å². The van der Waals surface area contributed by atoms with E-state index in [4.69, 9.17) is 4.74 Å². The summed E-state index contributed by atoms with van der Waals surface area (Å²) in [7, 11) is 2.25. The maximum atomic E-state index is 11.5. The van der Waals surface area contributed by atoms with Gasteiger partial charge in [0.05, 0.1) is 6.42 Å². The van der Waals surface area contributed by atoms with E-state index in [-0.39, 0.29) is 11.6 Å². The van der Waals surface area contributed by atoms with Crippen LogP contribution in [0.3, 0.4) is 0 Å². The van der Waals surface area contributed by atoms with Gasteiger partial charge in [-0.2, -0.15) is 0 Å². The number of nitrogens with one attached hydrogen (secondary N) is 1. The van der Waals surface area contributed by atoms with Crippen molar-refractivity contribution in [2.45, 2.75) is 77.4 Å². The van der Waals surface area contributed by atoms with E-state index in [9.17, 15) is 4.79 Å². The highest BCUT2D eigenvalue weighted by molar-refractivity contribution is 5.70. The van der Waals surface area contributed by atoms with Crippen molar-refractivity contribution in [3.8, 4) is 0 Å². The molecule has 1 saturated carbocycles. The molecule has 0 atom stereocenters. The van der Waals surface area contributed by atoms with Crippen molar-refractivity contribution >= 4 is 5.97 Å². The smallest absolute Gasteiger partial charge is 0.307 e. The first kappa shape index (κ1) is 18.4. The second kappa shape index (κ2) is 9.42. The molecular weight excluding hydrogens is 264 g/mol. The van der Waals surface area contributed by atoms with Gasteiger partial charge in [0.25, 0.3) is 0 Å². The molecule has 0 unspecified atom stereocenters. The highest BCUT2D eigenvalue weighted by Gasteiger charge is 2.17. The Kier molecular flexibility index (Phi) is 8.27. The lowest BCUT2D eigenvalue weighted by molar-refractivity contribution is -0.154. The summed E-state index contributed by atoms with van der Waals surface area (Å²) < 4.78 is 5.27. The molecule has 1 rings (SSSR count). The molecule has 0 aliphatic heterocycles. The van der Waals surface area contributed by atoms with Gasteiger partial charge in [-0.3, -0.25) is 4.79 Å². The number of hydrogen-bond donors (Lipinski definition) is 1. The Morgan fingerprint density at radius 1 is 1.19 bits per heavy atom. The van der Waals surface area contributed by atoms with Crippen LogP contribution in [-0.2, 0) is 9.53 Å². The molecule has 0 amide bonds. The number of carbonyl (C=O) groups excluding carboxylic acids is 1. The van der Waals surface area contributed by atoms with Crippen molar-refractivity contribution in [2.75, 3.05) is 26.7 Å². The van der Waals surface area contributed by atoms with Gasteiger partial charge in [-0.15, -0.1) is 0 Å². The van der Waals surface area contributed by atoms with Gasteiger partial charge in [0.2, 0.25) is 0 Å². The average Bonchev–Trinajstić information content (AvgIpc) is 2.41. The minimum atomic E-state index is -0.375. The Labute approximate surface area is 130 Å². The van der Waals surface area contributed by atoms with Crippen LogP contribution >= 0.6 is 0 Å². The van der Waals surface area contributed by atoms with E-state index in [1.165, 1.54) is 32.1 Å². The monoisotopic (exact) mass is 298 g/mol. The van der Waals surface area contributed by atoms with Gasteiger partial charge < -0.3 is 15.0 Å². The van der Waals surface area contributed by atoms with Crippen molar-refractivity contribution in [1.29, 1.82) is 0 Å². The normalized spacial score (nSPS) is 17.2. The highest BCUT2D eigenvalue weighted by Crippen LogP contribution is 2.21. The summed E-state index contributed by atoms with van der Waals surface area (Å²) in [5.74, 6) is -0.116. The number of nitrogens with zero attached hydrogens (tertiary/aromatic N) is 1. The fourth-order valence-electron chi connectivity index (χ4n) is 2.87. The fourth-order valence-corrected chi connectivity index (χ4v) is 2.87. The summed E-state index contributed by atoms with van der Waals surface area (Å²) >= 11 is 0. The summed E-state index contributed by atoms with van der Waals surface area (Å²) in [6, 6.07) is 0.792. The lowest BCUT2D eigenvalue weighted by Crippen LogP contribution is -2.35. The molecule has 0 spiro atoms. The third-order valence-corrected chi connectivity index (χ3v) is 3.99. The van der Waals surface area contributed by atoms with Crippen molar-refractivity contribution in [1.82, 2.24) is 10.2 Å². The Balaban J connectivity index is 1.98. The number of hydrogen-bond acceptors (Lipinski definition) is 4. The van der Waals surface area contributed by atoms with Gasteiger partial charge >= 0.3 is 5.97 Å². The van der Waals surface area contributed by atoms with Gasteiger partial charge in [-0.05, 0) is 60.2 Å². The first-order valence-corrected chi connectivity index (χ1v) is 8.51. The molecule has 4 heteroatoms. The molecule has 1 N–H and O–H groups in total. The van der Waals surface area contributed by atoms with Crippen LogP contribution in [-0.4, -0.2) is 49.2 Å². The maximum absolute atomic E-state index is 11.5. The van der Waals surface area contributed by atoms with Crippen LogP contribution in [0, 0.1) is 0 Å². The SMILES string of the molecule is CN(CCCNCCC(=O)OC(C)(C)C)C1CCCCC1. The zero-order valence-corrected chi connectivity index (χ0v) is 14.4. The predicted molar refractivity (Wildman–Crippen MR) is 87.5 cm³/mol. The molecule has 0 radical (unpaired) electrons. The molecule has 1 fully saturated rings. The molecule has 4 nitrogen and oxygen atoms in total. The van der Waals surface area contributed by atoms with Crippen LogP contribution in [0.25, 0.3) is 0 Å². The van der Waals surface area contributed by atoms with Crippen molar-refractivity contribution in [3.63, 3.8) is 0 Å². The van der Waals surface area contributed by atoms with E-state index in [1.807, 2.05) is 20.8 Å². The minimum Gasteiger partial charge on any atom is -0.460 e. The third-order valence-electron chi connectivity index (χ3n) is 3.99. The number of carbonyl (C=O) groups is 1. The van der Waals surface area contributed by atoms with Crippen LogP contribution in [0.1, 0.15) is 65.7 Å². The summed E-state index contributed by atoms with van der Waals surface area (Å²) in [5, 5.41) is 3.33. The summed E-state index contributed by atoms with van der Waals surface area (Å²) in [6.45, 7) is 8.53. The number of ether oxygens (including phenoxy) is 1. The second-order valence-electron chi connectivity index (χ2n) is 7.21. The van der Waals surface area contributed by atoms with E-state index < -0.39 is 0 Å². The van der Waals surface area contributed by atoms with E-state index >= 15 is 0 Å². The van der Waals surface area contributed by atoms with E-state index in [0.29, 0.717) is 13.0 Å². The second-order valence-corrected chi connectivity index (χ2v) is 7.21. The fraction of sp³-hybridized carbons (Fsp3) is 0.941. The van der Waals surface area contributed by atoms with E-state index in [2.05, 4.69) is 17.3 Å². The zero-order valence-electron chi connectivity index (χ0n) is 14.4. The van der Waals surface area contributed by atoms with E-state index in [0.717, 1.165) is 25.6 Å². The quantitative estimate of drug-likeness (QED) is 0.552. The molecule has 124 valence electrons. The molecule has 0 bridgehead atoms. The first-order valence-electron chi connectivity index (χ1n) is 8.51. The average molecular weight is 298 g/mol. The van der Waals surface area contributed by atoms with Crippen LogP contribution in [0.15, 0.2) is 0 Å². The van der Waals surface area contributed by atoms with Gasteiger partial charge in [-0.1, -0.05) is 19.3 Å². The number of esters is 1. The van der Waals surface area contributed by atoms with Gasteiger partial charge in [0.1, 0.15) is 5.60 Å². The predicted octanol–water partition coefficient (Wildman–Crippen LogP) is 2.96. The van der Waals surface area contributed by atoms with Crippen LogP contribution in [0.5, 0.6) is 0 Å². The lowest BCUT2D eigenvalue weighted by atomic mass is 9.94. The molecule has 21 heavy (non-hydrogen) atoms. The van der Waals surface area contributed by atoms with Crippen molar-refractivity contribution < 1.29 is 9.53 Å². The topological polar surface area (TPSA) is 41.6 Å². The van der Waals surface area contributed by atoms with Crippen molar-refractivity contribution in [3.05, 3.63) is 0 Å². The Morgan fingerprint density at radius 2 is 1.86 bits per heavy atom. The molecule has 0 aromatic heterocycles. The molecule has 0 aromatic carbocycles. The number of rotatable bonds is 8. The maximum Gasteiger partial charge on any atom is 0.307 e. The summed E-state index contributed by atoms with van der Waals surface area (Å²) in [6.07, 6.45) is 8.52. The molecule has 0 heterocycles. The largest absolute Gasteiger partial charge is 0.460 e. The van der Waals surface area contributed by atoms with Crippen LogP contribution in [0.4, 0.5) is 0 Å². The summed E-state index contributed by atoms with van der Waals surface area (Å²) in [4.78, 5) is 14.0. The molecule has 1 aliphatic carbocycles. The lowest BCUT2D eigenvalue weighted by Gasteiger charge is -2.31. The van der Waals surface area contributed by atoms with Crippen LogP contribution < -0.4 is 5.32 Å². The minimum absolute atomic E-state index is 0.116. The Bertz CT molecular complexity index is 294. The third kappa shape index (κ3) is 9.10. The molecule has 0 saturated heterocycles. The highest BCUT2D eigenvalue weighted by atomic mass is 16.6.